The lowest BCUT2D eigenvalue weighted by Crippen LogP contribution is -2.26. The van der Waals surface area contributed by atoms with Gasteiger partial charge in [0, 0.05) is 18.9 Å². The molecular weight excluding hydrogens is 198 g/mol. The quantitative estimate of drug-likeness (QED) is 0.724. The van der Waals surface area contributed by atoms with Crippen LogP contribution < -0.4 is 5.32 Å². The first-order valence-corrected chi connectivity index (χ1v) is 6.03. The van der Waals surface area contributed by atoms with Gasteiger partial charge in [0.2, 0.25) is 5.91 Å². The Hall–Kier alpha value is -1.31. The van der Waals surface area contributed by atoms with E-state index in [1.165, 1.54) is 5.57 Å². The van der Waals surface area contributed by atoms with E-state index in [-0.39, 0.29) is 5.91 Å². The lowest BCUT2D eigenvalue weighted by Gasteiger charge is -2.15. The summed E-state index contributed by atoms with van der Waals surface area (Å²) in [5.74, 6) is 0.618. The van der Waals surface area contributed by atoms with Crippen molar-refractivity contribution in [3.8, 4) is 0 Å². The fourth-order valence-corrected chi connectivity index (χ4v) is 1.94. The fourth-order valence-electron chi connectivity index (χ4n) is 1.94. The number of hydrogen-bond donors (Lipinski definition) is 1. The van der Waals surface area contributed by atoms with Crippen molar-refractivity contribution in [2.45, 2.75) is 32.6 Å². The Morgan fingerprint density at radius 1 is 1.62 bits per heavy atom. The molecule has 88 valence electrons. The van der Waals surface area contributed by atoms with Gasteiger partial charge in [-0.15, -0.1) is 0 Å². The van der Waals surface area contributed by atoms with E-state index in [0.717, 1.165) is 25.8 Å². The highest BCUT2D eigenvalue weighted by Gasteiger charge is 2.17. The maximum absolute atomic E-state index is 11.3. The summed E-state index contributed by atoms with van der Waals surface area (Å²) in [6.45, 7) is 6.62. The van der Waals surface area contributed by atoms with E-state index in [1.54, 1.807) is 0 Å². The van der Waals surface area contributed by atoms with Crippen LogP contribution in [0.15, 0.2) is 36.5 Å². The average Bonchev–Trinajstić information content (AvgIpc) is 2.49. The van der Waals surface area contributed by atoms with Crippen LogP contribution in [0.3, 0.4) is 0 Å². The minimum Gasteiger partial charge on any atom is -0.355 e. The molecule has 2 nitrogen and oxygen atoms in total. The highest BCUT2D eigenvalue weighted by Crippen LogP contribution is 2.21. The van der Waals surface area contributed by atoms with Gasteiger partial charge in [0.05, 0.1) is 0 Å². The van der Waals surface area contributed by atoms with Crippen molar-refractivity contribution in [1.29, 1.82) is 0 Å². The van der Waals surface area contributed by atoms with Crippen molar-refractivity contribution in [2.75, 3.05) is 6.54 Å². The summed E-state index contributed by atoms with van der Waals surface area (Å²) in [6, 6.07) is 0. The number of amides is 1. The lowest BCUT2D eigenvalue weighted by molar-refractivity contribution is -0.120. The Balaban J connectivity index is 2.70. The molecule has 1 N–H and O–H groups in total. The van der Waals surface area contributed by atoms with Crippen molar-refractivity contribution in [1.82, 2.24) is 5.32 Å². The molecule has 0 aromatic carbocycles. The minimum absolute atomic E-state index is 0.180. The summed E-state index contributed by atoms with van der Waals surface area (Å²) in [7, 11) is 0. The van der Waals surface area contributed by atoms with Gasteiger partial charge in [-0.25, -0.2) is 0 Å². The van der Waals surface area contributed by atoms with Crippen LogP contribution >= 0.6 is 0 Å². The smallest absolute Gasteiger partial charge is 0.220 e. The lowest BCUT2D eigenvalue weighted by atomic mass is 9.93. The predicted molar refractivity (Wildman–Crippen MR) is 68.1 cm³/mol. The highest BCUT2D eigenvalue weighted by molar-refractivity contribution is 5.76. The molecule has 1 aliphatic heterocycles. The molecule has 0 aromatic heterocycles. The summed E-state index contributed by atoms with van der Waals surface area (Å²) in [6.07, 6.45) is 11.9. The zero-order valence-electron chi connectivity index (χ0n) is 10.0. The van der Waals surface area contributed by atoms with Crippen molar-refractivity contribution in [3.63, 3.8) is 0 Å². The molecular formula is C14H21NO. The van der Waals surface area contributed by atoms with Crippen molar-refractivity contribution in [3.05, 3.63) is 36.5 Å². The number of nitrogens with one attached hydrogen (secondary N) is 1. The number of allylic oxidation sites excluding steroid dienone is 4. The number of carbonyl (C=O) groups is 1. The second-order valence-corrected chi connectivity index (χ2v) is 4.11. The van der Waals surface area contributed by atoms with Crippen molar-refractivity contribution in [2.24, 2.45) is 5.92 Å². The topological polar surface area (TPSA) is 29.1 Å². The van der Waals surface area contributed by atoms with Gasteiger partial charge in [-0.05, 0) is 24.8 Å². The first-order valence-electron chi connectivity index (χ1n) is 6.03. The summed E-state index contributed by atoms with van der Waals surface area (Å²) < 4.78 is 0. The van der Waals surface area contributed by atoms with Gasteiger partial charge in [-0.2, -0.15) is 0 Å². The molecule has 1 rings (SSSR count). The van der Waals surface area contributed by atoms with Crippen LogP contribution in [0.5, 0.6) is 0 Å². The second kappa shape index (κ2) is 7.04. The SMILES string of the molecule is C=C/C=C(\C=C/CC)C1CCCC(=O)NC1. The Morgan fingerprint density at radius 2 is 2.44 bits per heavy atom. The Kier molecular flexibility index (Phi) is 5.62. The summed E-state index contributed by atoms with van der Waals surface area (Å²) in [5, 5.41) is 2.96. The summed E-state index contributed by atoms with van der Waals surface area (Å²) in [4.78, 5) is 11.3. The fraction of sp³-hybridized carbons (Fsp3) is 0.500. The molecule has 1 fully saturated rings. The minimum atomic E-state index is 0.180. The number of carbonyl (C=O) groups excluding carboxylic acids is 1. The summed E-state index contributed by atoms with van der Waals surface area (Å²) in [5.41, 5.74) is 1.28. The van der Waals surface area contributed by atoms with Crippen LogP contribution in [0.4, 0.5) is 0 Å². The monoisotopic (exact) mass is 219 g/mol. The average molecular weight is 219 g/mol. The van der Waals surface area contributed by atoms with Gasteiger partial charge in [-0.1, -0.05) is 37.8 Å². The third-order valence-electron chi connectivity index (χ3n) is 2.83. The van der Waals surface area contributed by atoms with Gasteiger partial charge in [0.15, 0.2) is 0 Å². The van der Waals surface area contributed by atoms with Crippen LogP contribution in [-0.4, -0.2) is 12.5 Å². The molecule has 16 heavy (non-hydrogen) atoms. The van der Waals surface area contributed by atoms with E-state index in [2.05, 4.69) is 31.0 Å². The standard InChI is InChI=1S/C14H21NO/c1-3-5-8-12(7-4-2)13-9-6-10-14(16)15-11-13/h4-5,7-8,13H,2-3,6,9-11H2,1H3,(H,15,16)/b8-5-,12-7+. The van der Waals surface area contributed by atoms with Crippen LogP contribution in [0, 0.1) is 5.92 Å². The second-order valence-electron chi connectivity index (χ2n) is 4.11. The molecule has 0 spiro atoms. The van der Waals surface area contributed by atoms with Crippen molar-refractivity contribution >= 4 is 5.91 Å². The summed E-state index contributed by atoms with van der Waals surface area (Å²) >= 11 is 0. The highest BCUT2D eigenvalue weighted by atomic mass is 16.1. The molecule has 1 amide bonds. The molecule has 0 saturated carbocycles. The zero-order chi connectivity index (χ0) is 11.8. The Morgan fingerprint density at radius 3 is 3.12 bits per heavy atom. The maximum atomic E-state index is 11.3. The number of rotatable bonds is 4. The molecule has 1 unspecified atom stereocenters. The molecule has 0 bridgehead atoms. The Bertz CT molecular complexity index is 302. The molecule has 1 saturated heterocycles. The van der Waals surface area contributed by atoms with Crippen LogP contribution in [0.2, 0.25) is 0 Å². The third-order valence-corrected chi connectivity index (χ3v) is 2.83. The van der Waals surface area contributed by atoms with E-state index >= 15 is 0 Å². The van der Waals surface area contributed by atoms with E-state index in [9.17, 15) is 4.79 Å². The van der Waals surface area contributed by atoms with E-state index in [1.807, 2.05) is 12.2 Å². The van der Waals surface area contributed by atoms with Crippen molar-refractivity contribution < 1.29 is 4.79 Å². The molecule has 0 radical (unpaired) electrons. The molecule has 1 heterocycles. The molecule has 0 aliphatic carbocycles. The maximum Gasteiger partial charge on any atom is 0.220 e. The molecule has 2 heteroatoms. The largest absolute Gasteiger partial charge is 0.355 e. The molecule has 1 atom stereocenters. The van der Waals surface area contributed by atoms with Gasteiger partial charge in [0.25, 0.3) is 0 Å². The first kappa shape index (κ1) is 12.8. The zero-order valence-corrected chi connectivity index (χ0v) is 10.0. The molecule has 0 aromatic rings. The first-order chi connectivity index (χ1) is 7.77. The molecule has 1 aliphatic rings. The van der Waals surface area contributed by atoms with E-state index in [0.29, 0.717) is 12.3 Å². The Labute approximate surface area is 98.1 Å². The normalized spacial score (nSPS) is 22.9. The van der Waals surface area contributed by atoms with Gasteiger partial charge in [-0.3, -0.25) is 4.79 Å². The van der Waals surface area contributed by atoms with Crippen LogP contribution in [-0.2, 0) is 4.79 Å². The van der Waals surface area contributed by atoms with Gasteiger partial charge < -0.3 is 5.32 Å². The van der Waals surface area contributed by atoms with Crippen LogP contribution in [0.1, 0.15) is 32.6 Å². The van der Waals surface area contributed by atoms with Gasteiger partial charge >= 0.3 is 0 Å². The predicted octanol–water partition coefficient (Wildman–Crippen LogP) is 2.98. The van der Waals surface area contributed by atoms with E-state index < -0.39 is 0 Å². The number of hydrogen-bond acceptors (Lipinski definition) is 1. The van der Waals surface area contributed by atoms with Gasteiger partial charge in [0.1, 0.15) is 0 Å². The third kappa shape index (κ3) is 4.05. The van der Waals surface area contributed by atoms with E-state index in [4.69, 9.17) is 0 Å². The van der Waals surface area contributed by atoms with Crippen LogP contribution in [0.25, 0.3) is 0 Å².